The highest BCUT2D eigenvalue weighted by Gasteiger charge is 2.19. The Labute approximate surface area is 128 Å². The van der Waals surface area contributed by atoms with Crippen molar-refractivity contribution in [2.45, 2.75) is 6.92 Å². The van der Waals surface area contributed by atoms with Crippen molar-refractivity contribution in [1.82, 2.24) is 9.88 Å². The van der Waals surface area contributed by atoms with Gasteiger partial charge < -0.3 is 14.4 Å². The number of fused-ring (bicyclic) bond motifs is 1. The maximum atomic E-state index is 12.5. The largest absolute Gasteiger partial charge is 0.494 e. The molecule has 0 radical (unpaired) electrons. The fraction of sp³-hybridized carbons (Fsp3) is 0.312. The molecule has 0 fully saturated rings. The van der Waals surface area contributed by atoms with Crippen LogP contribution in [0.1, 0.15) is 17.3 Å². The quantitative estimate of drug-likeness (QED) is 0.789. The van der Waals surface area contributed by atoms with Gasteiger partial charge in [0.25, 0.3) is 5.91 Å². The summed E-state index contributed by atoms with van der Waals surface area (Å²) in [5, 5.41) is 0.683. The van der Waals surface area contributed by atoms with Gasteiger partial charge in [-0.25, -0.2) is 0 Å². The minimum atomic E-state index is -0.436. The van der Waals surface area contributed by atoms with Crippen molar-refractivity contribution in [3.63, 3.8) is 0 Å². The molecule has 6 nitrogen and oxygen atoms in total. The van der Waals surface area contributed by atoms with Crippen molar-refractivity contribution in [2.24, 2.45) is 0 Å². The van der Waals surface area contributed by atoms with E-state index in [0.29, 0.717) is 22.2 Å². The van der Waals surface area contributed by atoms with Crippen LogP contribution in [-0.4, -0.2) is 49.1 Å². The molecule has 0 bridgehead atoms. The third-order valence-electron chi connectivity index (χ3n) is 3.20. The number of hydrogen-bond acceptors (Lipinski definition) is 5. The Balaban J connectivity index is 2.34. The summed E-state index contributed by atoms with van der Waals surface area (Å²) < 4.78 is 10.1. The molecule has 0 aliphatic rings. The van der Waals surface area contributed by atoms with E-state index in [1.165, 1.54) is 4.90 Å². The molecule has 0 unspecified atom stereocenters. The third kappa shape index (κ3) is 3.16. The van der Waals surface area contributed by atoms with Gasteiger partial charge >= 0.3 is 5.97 Å². The number of esters is 1. The van der Waals surface area contributed by atoms with Crippen LogP contribution in [0.4, 0.5) is 0 Å². The van der Waals surface area contributed by atoms with Gasteiger partial charge in [-0.15, -0.1) is 0 Å². The summed E-state index contributed by atoms with van der Waals surface area (Å²) in [6, 6.07) is 6.92. The minimum absolute atomic E-state index is 0.0968. The van der Waals surface area contributed by atoms with Crippen molar-refractivity contribution in [3.05, 3.63) is 36.0 Å². The molecule has 0 aliphatic heterocycles. The Kier molecular flexibility index (Phi) is 4.93. The van der Waals surface area contributed by atoms with E-state index in [0.717, 1.165) is 0 Å². The fourth-order valence-electron chi connectivity index (χ4n) is 2.18. The molecule has 1 amide bonds. The molecule has 1 heterocycles. The molecule has 0 atom stereocenters. The van der Waals surface area contributed by atoms with Gasteiger partial charge in [-0.2, -0.15) is 0 Å². The molecule has 6 heteroatoms. The zero-order chi connectivity index (χ0) is 16.1. The number of methoxy groups -OCH3 is 1. The van der Waals surface area contributed by atoms with Crippen LogP contribution in [0.5, 0.6) is 5.75 Å². The van der Waals surface area contributed by atoms with Crippen LogP contribution < -0.4 is 4.74 Å². The normalized spacial score (nSPS) is 10.3. The first-order chi connectivity index (χ1) is 10.6. The third-order valence-corrected chi connectivity index (χ3v) is 3.20. The molecule has 0 aliphatic carbocycles. The molecular weight excluding hydrogens is 284 g/mol. The van der Waals surface area contributed by atoms with Gasteiger partial charge in [0.05, 0.1) is 13.7 Å². The molecule has 0 saturated carbocycles. The monoisotopic (exact) mass is 302 g/mol. The zero-order valence-electron chi connectivity index (χ0n) is 12.8. The number of pyridine rings is 1. The minimum Gasteiger partial charge on any atom is -0.494 e. The SMILES string of the molecule is CCOC(=O)CN(C)C(=O)c1ccc(OC)c2ncccc12. The summed E-state index contributed by atoms with van der Waals surface area (Å²) in [7, 11) is 3.11. The van der Waals surface area contributed by atoms with E-state index in [2.05, 4.69) is 4.98 Å². The Bertz CT molecular complexity index is 700. The van der Waals surface area contributed by atoms with E-state index in [-0.39, 0.29) is 19.1 Å². The molecule has 116 valence electrons. The van der Waals surface area contributed by atoms with Crippen LogP contribution in [0.15, 0.2) is 30.5 Å². The topological polar surface area (TPSA) is 68.7 Å². The number of carbonyl (C=O) groups is 2. The number of likely N-dealkylation sites (N-methyl/N-ethyl adjacent to an activating group) is 1. The number of amides is 1. The van der Waals surface area contributed by atoms with Crippen molar-refractivity contribution in [3.8, 4) is 5.75 Å². The summed E-state index contributed by atoms with van der Waals surface area (Å²) in [5.74, 6) is -0.108. The van der Waals surface area contributed by atoms with Crippen LogP contribution in [0, 0.1) is 0 Å². The van der Waals surface area contributed by atoms with Crippen LogP contribution >= 0.6 is 0 Å². The van der Waals surface area contributed by atoms with E-state index in [1.54, 1.807) is 51.5 Å². The predicted molar refractivity (Wildman–Crippen MR) is 81.9 cm³/mol. The lowest BCUT2D eigenvalue weighted by molar-refractivity contribution is -0.143. The van der Waals surface area contributed by atoms with Gasteiger partial charge in [-0.05, 0) is 25.1 Å². The molecule has 0 N–H and O–H groups in total. The standard InChI is InChI=1S/C16H18N2O4/c1-4-22-14(19)10-18(2)16(20)12-7-8-13(21-3)15-11(12)6-5-9-17-15/h5-9H,4,10H2,1-3H3. The second-order valence-electron chi connectivity index (χ2n) is 4.68. The van der Waals surface area contributed by atoms with Crippen LogP contribution in [0.25, 0.3) is 10.9 Å². The summed E-state index contributed by atoms with van der Waals surface area (Å²) >= 11 is 0. The zero-order valence-corrected chi connectivity index (χ0v) is 12.8. The highest BCUT2D eigenvalue weighted by atomic mass is 16.5. The van der Waals surface area contributed by atoms with Crippen molar-refractivity contribution in [2.75, 3.05) is 27.3 Å². The van der Waals surface area contributed by atoms with Gasteiger partial charge in [0.1, 0.15) is 17.8 Å². The number of rotatable bonds is 5. The fourth-order valence-corrected chi connectivity index (χ4v) is 2.18. The maximum Gasteiger partial charge on any atom is 0.325 e. The van der Waals surface area contributed by atoms with Gasteiger partial charge in [-0.1, -0.05) is 6.07 Å². The number of carbonyl (C=O) groups excluding carboxylic acids is 2. The second-order valence-corrected chi connectivity index (χ2v) is 4.68. The Morgan fingerprint density at radius 3 is 2.73 bits per heavy atom. The first-order valence-corrected chi connectivity index (χ1v) is 6.91. The highest BCUT2D eigenvalue weighted by molar-refractivity contribution is 6.08. The lowest BCUT2D eigenvalue weighted by Gasteiger charge is -2.17. The number of benzene rings is 1. The Morgan fingerprint density at radius 2 is 2.05 bits per heavy atom. The van der Waals surface area contributed by atoms with Crippen LogP contribution in [0.3, 0.4) is 0 Å². The van der Waals surface area contributed by atoms with E-state index >= 15 is 0 Å². The molecule has 22 heavy (non-hydrogen) atoms. The van der Waals surface area contributed by atoms with Crippen molar-refractivity contribution in [1.29, 1.82) is 0 Å². The maximum absolute atomic E-state index is 12.5. The molecule has 1 aromatic carbocycles. The van der Waals surface area contributed by atoms with Gasteiger partial charge in [0.2, 0.25) is 0 Å². The summed E-state index contributed by atoms with van der Waals surface area (Å²) in [4.78, 5) is 29.6. The average molecular weight is 302 g/mol. The highest BCUT2D eigenvalue weighted by Crippen LogP contribution is 2.27. The molecule has 0 spiro atoms. The number of nitrogens with zero attached hydrogens (tertiary/aromatic N) is 2. The molecule has 1 aromatic heterocycles. The smallest absolute Gasteiger partial charge is 0.325 e. The Morgan fingerprint density at radius 1 is 1.27 bits per heavy atom. The number of ether oxygens (including phenoxy) is 2. The van der Waals surface area contributed by atoms with Gasteiger partial charge in [0.15, 0.2) is 0 Å². The second kappa shape index (κ2) is 6.89. The van der Waals surface area contributed by atoms with Crippen molar-refractivity contribution >= 4 is 22.8 Å². The lowest BCUT2D eigenvalue weighted by Crippen LogP contribution is -2.33. The first kappa shape index (κ1) is 15.8. The van der Waals surface area contributed by atoms with E-state index in [4.69, 9.17) is 9.47 Å². The molecule has 0 saturated heterocycles. The lowest BCUT2D eigenvalue weighted by atomic mass is 10.1. The van der Waals surface area contributed by atoms with Crippen molar-refractivity contribution < 1.29 is 19.1 Å². The molecular formula is C16H18N2O4. The number of aromatic nitrogens is 1. The Hall–Kier alpha value is -2.63. The van der Waals surface area contributed by atoms with E-state index < -0.39 is 5.97 Å². The predicted octanol–water partition coefficient (Wildman–Crippen LogP) is 1.88. The molecule has 2 aromatic rings. The first-order valence-electron chi connectivity index (χ1n) is 6.91. The van der Waals surface area contributed by atoms with E-state index in [9.17, 15) is 9.59 Å². The molecule has 2 rings (SSSR count). The van der Waals surface area contributed by atoms with Crippen LogP contribution in [0.2, 0.25) is 0 Å². The van der Waals surface area contributed by atoms with Gasteiger partial charge in [0, 0.05) is 24.2 Å². The summed E-state index contributed by atoms with van der Waals surface area (Å²) in [6.45, 7) is 1.92. The number of hydrogen-bond donors (Lipinski definition) is 0. The van der Waals surface area contributed by atoms with Gasteiger partial charge in [-0.3, -0.25) is 14.6 Å². The average Bonchev–Trinajstić information content (AvgIpc) is 2.53. The van der Waals surface area contributed by atoms with Crippen LogP contribution in [-0.2, 0) is 9.53 Å². The summed E-state index contributed by atoms with van der Waals surface area (Å²) in [5.41, 5.74) is 1.08. The summed E-state index contributed by atoms with van der Waals surface area (Å²) in [6.07, 6.45) is 1.64. The van der Waals surface area contributed by atoms with E-state index in [1.807, 2.05) is 0 Å².